The predicted octanol–water partition coefficient (Wildman–Crippen LogP) is 15.0. The van der Waals surface area contributed by atoms with Gasteiger partial charge in [0.2, 0.25) is 0 Å². The van der Waals surface area contributed by atoms with Gasteiger partial charge in [-0.2, -0.15) is 0 Å². The molecule has 0 saturated carbocycles. The smallest absolute Gasteiger partial charge is 0.143 e. The summed E-state index contributed by atoms with van der Waals surface area (Å²) in [6.45, 7) is 0. The Labute approximate surface area is 324 Å². The first kappa shape index (κ1) is 30.2. The SMILES string of the molecule is c1ccc2cc(-n3c4ccccc4c4c3ccc3c5ccccc5n(-c5ccc6oc7c(-c8cccc9c8sc8ccccc89)cccc7c6c5)c34)ccc2c1. The van der Waals surface area contributed by atoms with Crippen LogP contribution >= 0.6 is 11.3 Å². The number of fused-ring (bicyclic) bond motifs is 14. The molecule has 0 aliphatic heterocycles. The van der Waals surface area contributed by atoms with Crippen molar-refractivity contribution in [2.45, 2.75) is 0 Å². The minimum atomic E-state index is 0.888. The van der Waals surface area contributed by atoms with Gasteiger partial charge < -0.3 is 13.6 Å². The van der Waals surface area contributed by atoms with E-state index in [1.165, 1.54) is 80.1 Å². The quantitative estimate of drug-likeness (QED) is 0.177. The lowest BCUT2D eigenvalue weighted by molar-refractivity contribution is 0.670. The van der Waals surface area contributed by atoms with Crippen molar-refractivity contribution in [2.24, 2.45) is 0 Å². The van der Waals surface area contributed by atoms with Crippen LogP contribution in [-0.4, -0.2) is 9.13 Å². The van der Waals surface area contributed by atoms with Crippen LogP contribution in [0.3, 0.4) is 0 Å². The number of para-hydroxylation sites is 3. The fourth-order valence-corrected chi connectivity index (χ4v) is 10.7. The third-order valence-corrected chi connectivity index (χ3v) is 13.1. The number of hydrogen-bond acceptors (Lipinski definition) is 2. The van der Waals surface area contributed by atoms with Crippen LogP contribution in [0.4, 0.5) is 0 Å². The van der Waals surface area contributed by atoms with Crippen molar-refractivity contribution in [3.8, 4) is 22.5 Å². The van der Waals surface area contributed by atoms with Crippen LogP contribution < -0.4 is 0 Å². The molecule has 0 N–H and O–H groups in total. The molecule has 0 atom stereocenters. The molecule has 13 rings (SSSR count). The van der Waals surface area contributed by atoms with Gasteiger partial charge in [0.05, 0.1) is 22.1 Å². The highest BCUT2D eigenvalue weighted by atomic mass is 32.1. The van der Waals surface area contributed by atoms with Gasteiger partial charge in [0.1, 0.15) is 11.2 Å². The lowest BCUT2D eigenvalue weighted by atomic mass is 10.00. The van der Waals surface area contributed by atoms with Gasteiger partial charge in [-0.05, 0) is 65.4 Å². The van der Waals surface area contributed by atoms with E-state index in [-0.39, 0.29) is 0 Å². The summed E-state index contributed by atoms with van der Waals surface area (Å²) in [4.78, 5) is 0. The summed E-state index contributed by atoms with van der Waals surface area (Å²) in [6.07, 6.45) is 0. The van der Waals surface area contributed by atoms with E-state index in [1.54, 1.807) is 0 Å². The predicted molar refractivity (Wildman–Crippen MR) is 238 cm³/mol. The Morgan fingerprint density at radius 2 is 1.07 bits per heavy atom. The van der Waals surface area contributed by atoms with E-state index in [0.29, 0.717) is 0 Å². The van der Waals surface area contributed by atoms with Crippen LogP contribution in [0.1, 0.15) is 0 Å². The summed E-state index contributed by atoms with van der Waals surface area (Å²) in [5.74, 6) is 0. The molecule has 0 fully saturated rings. The summed E-state index contributed by atoms with van der Waals surface area (Å²) in [5, 5.41) is 12.3. The molecule has 4 heterocycles. The lowest BCUT2D eigenvalue weighted by Gasteiger charge is -2.11. The zero-order chi connectivity index (χ0) is 36.5. The molecule has 0 saturated heterocycles. The van der Waals surface area contributed by atoms with E-state index < -0.39 is 0 Å². The summed E-state index contributed by atoms with van der Waals surface area (Å²) in [7, 11) is 0. The molecule has 0 spiro atoms. The van der Waals surface area contributed by atoms with Crippen LogP contribution in [0.15, 0.2) is 186 Å². The normalized spacial score (nSPS) is 12.3. The van der Waals surface area contributed by atoms with E-state index in [4.69, 9.17) is 4.42 Å². The van der Waals surface area contributed by atoms with Gasteiger partial charge in [0.25, 0.3) is 0 Å². The molecule has 0 aliphatic carbocycles. The van der Waals surface area contributed by atoms with Crippen LogP contribution in [-0.2, 0) is 0 Å². The zero-order valence-electron chi connectivity index (χ0n) is 30.0. The second kappa shape index (κ2) is 11.2. The maximum atomic E-state index is 6.81. The van der Waals surface area contributed by atoms with E-state index in [1.807, 2.05) is 11.3 Å². The van der Waals surface area contributed by atoms with E-state index in [2.05, 4.69) is 191 Å². The number of nitrogens with zero attached hydrogens (tertiary/aromatic N) is 2. The van der Waals surface area contributed by atoms with Crippen LogP contribution in [0.5, 0.6) is 0 Å². The maximum absolute atomic E-state index is 6.81. The van der Waals surface area contributed by atoms with Gasteiger partial charge >= 0.3 is 0 Å². The van der Waals surface area contributed by atoms with Gasteiger partial charge in [-0.1, -0.05) is 127 Å². The lowest BCUT2D eigenvalue weighted by Crippen LogP contribution is -1.95. The van der Waals surface area contributed by atoms with Gasteiger partial charge in [0.15, 0.2) is 0 Å². The van der Waals surface area contributed by atoms with E-state index >= 15 is 0 Å². The molecule has 260 valence electrons. The van der Waals surface area contributed by atoms with Crippen molar-refractivity contribution in [1.29, 1.82) is 0 Å². The van der Waals surface area contributed by atoms with Crippen molar-refractivity contribution < 1.29 is 4.42 Å². The molecule has 4 heteroatoms. The molecule has 0 amide bonds. The Bertz CT molecular complexity index is 3780. The van der Waals surface area contributed by atoms with Crippen LogP contribution in [0, 0.1) is 0 Å². The third-order valence-electron chi connectivity index (χ3n) is 11.9. The van der Waals surface area contributed by atoms with E-state index in [0.717, 1.165) is 38.9 Å². The first-order valence-corrected chi connectivity index (χ1v) is 19.9. The Balaban J connectivity index is 1.08. The highest BCUT2D eigenvalue weighted by Crippen LogP contribution is 2.45. The molecule has 9 aromatic carbocycles. The Morgan fingerprint density at radius 1 is 0.393 bits per heavy atom. The molecule has 4 aromatic heterocycles. The Kier molecular flexibility index (Phi) is 6.04. The molecule has 0 radical (unpaired) electrons. The molecule has 0 aliphatic rings. The summed E-state index contributed by atoms with van der Waals surface area (Å²) < 4.78 is 14.3. The molecular weight excluding hydrogens is 701 g/mol. The molecule has 3 nitrogen and oxygen atoms in total. The standard InChI is InChI=1S/C52H30N2OS/c1-2-12-32-29-33(24-23-31(32)11-1)53-45-21-7-4-15-42(45)49-46(53)27-26-37-35-13-3-6-20-44(35)54(50(37)49)34-25-28-47-43(30-34)39-17-9-16-38(51(39)55-47)41-19-10-18-40-36-14-5-8-22-48(36)56-52(40)41/h1-30H. The first-order valence-electron chi connectivity index (χ1n) is 19.1. The highest BCUT2D eigenvalue weighted by molar-refractivity contribution is 7.26. The fraction of sp³-hybridized carbons (Fsp3) is 0. The van der Waals surface area contributed by atoms with Gasteiger partial charge in [-0.15, -0.1) is 11.3 Å². The number of aromatic nitrogens is 2. The number of benzene rings is 9. The topological polar surface area (TPSA) is 23.0 Å². The van der Waals surface area contributed by atoms with Crippen molar-refractivity contribution >= 4 is 108 Å². The fourth-order valence-electron chi connectivity index (χ4n) is 9.47. The minimum Gasteiger partial charge on any atom is -0.455 e. The summed E-state index contributed by atoms with van der Waals surface area (Å²) in [5.41, 5.74) is 11.2. The maximum Gasteiger partial charge on any atom is 0.143 e. The first-order chi connectivity index (χ1) is 27.8. The molecule has 13 aromatic rings. The zero-order valence-corrected chi connectivity index (χ0v) is 30.8. The number of rotatable bonds is 3. The molecule has 0 unspecified atom stereocenters. The number of furan rings is 1. The Morgan fingerprint density at radius 3 is 1.96 bits per heavy atom. The third kappa shape index (κ3) is 4.06. The second-order valence-corrected chi connectivity index (χ2v) is 15.9. The van der Waals surface area contributed by atoms with Crippen molar-refractivity contribution in [3.63, 3.8) is 0 Å². The second-order valence-electron chi connectivity index (χ2n) is 14.8. The largest absolute Gasteiger partial charge is 0.455 e. The average molecular weight is 731 g/mol. The van der Waals surface area contributed by atoms with Crippen LogP contribution in [0.25, 0.3) is 119 Å². The molecular formula is C52H30N2OS. The van der Waals surface area contributed by atoms with Crippen molar-refractivity contribution in [1.82, 2.24) is 9.13 Å². The molecule has 0 bridgehead atoms. The van der Waals surface area contributed by atoms with Gasteiger partial charge in [0, 0.05) is 75.0 Å². The molecule has 56 heavy (non-hydrogen) atoms. The monoisotopic (exact) mass is 730 g/mol. The summed E-state index contributed by atoms with van der Waals surface area (Å²) >= 11 is 1.86. The van der Waals surface area contributed by atoms with Crippen molar-refractivity contribution in [3.05, 3.63) is 182 Å². The van der Waals surface area contributed by atoms with Crippen molar-refractivity contribution in [2.75, 3.05) is 0 Å². The summed E-state index contributed by atoms with van der Waals surface area (Å²) in [6, 6.07) is 66.4. The van der Waals surface area contributed by atoms with Gasteiger partial charge in [-0.3, -0.25) is 0 Å². The number of hydrogen-bond donors (Lipinski definition) is 0. The van der Waals surface area contributed by atoms with Gasteiger partial charge in [-0.25, -0.2) is 0 Å². The minimum absolute atomic E-state index is 0.888. The highest BCUT2D eigenvalue weighted by Gasteiger charge is 2.22. The Hall–Kier alpha value is -7.14. The number of thiophene rings is 1. The van der Waals surface area contributed by atoms with Crippen LogP contribution in [0.2, 0.25) is 0 Å². The van der Waals surface area contributed by atoms with E-state index in [9.17, 15) is 0 Å². The average Bonchev–Trinajstić information content (AvgIpc) is 4.01.